The highest BCUT2D eigenvalue weighted by Gasteiger charge is 2.22. The van der Waals surface area contributed by atoms with Gasteiger partial charge in [-0.05, 0) is 19.9 Å². The summed E-state index contributed by atoms with van der Waals surface area (Å²) < 4.78 is 10.4. The Morgan fingerprint density at radius 1 is 1.67 bits per heavy atom. The Hall–Kier alpha value is -1.33. The minimum Gasteiger partial charge on any atom is -0.467 e. The van der Waals surface area contributed by atoms with Crippen LogP contribution in [0.5, 0.6) is 0 Å². The summed E-state index contributed by atoms with van der Waals surface area (Å²) >= 11 is 0. The molecule has 0 aromatic carbocycles. The monoisotopic (exact) mass is 252 g/mol. The molecule has 18 heavy (non-hydrogen) atoms. The van der Waals surface area contributed by atoms with Gasteiger partial charge >= 0.3 is 5.97 Å². The summed E-state index contributed by atoms with van der Waals surface area (Å²) in [6.45, 7) is 7.91. The molecule has 1 N–H and O–H groups in total. The lowest BCUT2D eigenvalue weighted by Gasteiger charge is -2.33. The third-order valence-corrected chi connectivity index (χ3v) is 3.23. The van der Waals surface area contributed by atoms with Gasteiger partial charge in [-0.1, -0.05) is 0 Å². The number of esters is 1. The van der Waals surface area contributed by atoms with E-state index in [0.717, 1.165) is 19.6 Å². The van der Waals surface area contributed by atoms with Gasteiger partial charge in [0.15, 0.2) is 0 Å². The average Bonchev–Trinajstić information content (AvgIpc) is 2.81. The lowest BCUT2D eigenvalue weighted by atomic mass is 10.2. The highest BCUT2D eigenvalue weighted by atomic mass is 16.5. The lowest BCUT2D eigenvalue weighted by Crippen LogP contribution is -2.49. The maximum atomic E-state index is 11.7. The van der Waals surface area contributed by atoms with Crippen molar-refractivity contribution in [3.63, 3.8) is 0 Å². The molecule has 0 radical (unpaired) electrons. The number of carbonyl (C=O) groups excluding carboxylic acids is 1. The second kappa shape index (κ2) is 6.02. The zero-order chi connectivity index (χ0) is 13.0. The fourth-order valence-electron chi connectivity index (χ4n) is 2.16. The third-order valence-electron chi connectivity index (χ3n) is 3.23. The van der Waals surface area contributed by atoms with E-state index in [1.807, 2.05) is 0 Å². The first-order valence-corrected chi connectivity index (χ1v) is 6.40. The van der Waals surface area contributed by atoms with Gasteiger partial charge in [-0.2, -0.15) is 0 Å². The van der Waals surface area contributed by atoms with Crippen molar-refractivity contribution in [3.05, 3.63) is 23.7 Å². The van der Waals surface area contributed by atoms with Gasteiger partial charge in [-0.15, -0.1) is 0 Å². The van der Waals surface area contributed by atoms with E-state index in [1.165, 1.54) is 0 Å². The van der Waals surface area contributed by atoms with E-state index in [2.05, 4.69) is 17.1 Å². The van der Waals surface area contributed by atoms with Crippen LogP contribution in [0.25, 0.3) is 0 Å². The molecule has 0 amide bonds. The number of ether oxygens (including phenoxy) is 1. The van der Waals surface area contributed by atoms with Crippen LogP contribution in [-0.2, 0) is 11.3 Å². The first kappa shape index (κ1) is 13.1. The van der Waals surface area contributed by atoms with Gasteiger partial charge in [-0.3, -0.25) is 4.90 Å². The quantitative estimate of drug-likeness (QED) is 0.817. The number of carbonyl (C=O) groups is 1. The van der Waals surface area contributed by atoms with Crippen LogP contribution >= 0.6 is 0 Å². The molecule has 2 rings (SSSR count). The molecule has 0 unspecified atom stereocenters. The molecule has 100 valence electrons. The van der Waals surface area contributed by atoms with Gasteiger partial charge in [0.05, 0.1) is 19.4 Å². The summed E-state index contributed by atoms with van der Waals surface area (Å²) in [5, 5.41) is 3.34. The molecule has 5 heteroatoms. The van der Waals surface area contributed by atoms with Crippen LogP contribution in [0, 0.1) is 0 Å². The van der Waals surface area contributed by atoms with Crippen LogP contribution in [0.15, 0.2) is 16.7 Å². The standard InChI is InChI=1S/C13H20N2O3/c1-3-17-13(16)11-4-7-18-12(11)9-15-6-5-14-8-10(15)2/h4,7,10,14H,3,5-6,8-9H2,1-2H3/t10-/m1/s1. The van der Waals surface area contributed by atoms with E-state index < -0.39 is 0 Å². The van der Waals surface area contributed by atoms with E-state index in [9.17, 15) is 4.79 Å². The van der Waals surface area contributed by atoms with Crippen LogP contribution in [-0.4, -0.2) is 43.2 Å². The summed E-state index contributed by atoms with van der Waals surface area (Å²) in [6, 6.07) is 2.12. The second-order valence-corrected chi connectivity index (χ2v) is 4.50. The van der Waals surface area contributed by atoms with E-state index in [-0.39, 0.29) is 5.97 Å². The summed E-state index contributed by atoms with van der Waals surface area (Å²) in [6.07, 6.45) is 1.55. The van der Waals surface area contributed by atoms with Gasteiger partial charge in [0.2, 0.25) is 0 Å². The van der Waals surface area contributed by atoms with Gasteiger partial charge in [0, 0.05) is 25.7 Å². The van der Waals surface area contributed by atoms with E-state index in [1.54, 1.807) is 19.3 Å². The predicted molar refractivity (Wildman–Crippen MR) is 67.4 cm³/mol. The fourth-order valence-corrected chi connectivity index (χ4v) is 2.16. The van der Waals surface area contributed by atoms with Crippen molar-refractivity contribution in [2.24, 2.45) is 0 Å². The summed E-state index contributed by atoms with van der Waals surface area (Å²) in [4.78, 5) is 14.0. The van der Waals surface area contributed by atoms with Crippen LogP contribution in [0.1, 0.15) is 30.0 Å². The molecule has 0 spiro atoms. The highest BCUT2D eigenvalue weighted by molar-refractivity contribution is 5.90. The van der Waals surface area contributed by atoms with E-state index in [4.69, 9.17) is 9.15 Å². The molecule has 0 saturated carbocycles. The zero-order valence-corrected chi connectivity index (χ0v) is 10.9. The Morgan fingerprint density at radius 3 is 3.22 bits per heavy atom. The molecule has 1 aliphatic heterocycles. The van der Waals surface area contributed by atoms with Crippen molar-refractivity contribution in [1.29, 1.82) is 0 Å². The van der Waals surface area contributed by atoms with Gasteiger partial charge in [-0.25, -0.2) is 4.79 Å². The van der Waals surface area contributed by atoms with E-state index in [0.29, 0.717) is 30.5 Å². The maximum Gasteiger partial charge on any atom is 0.341 e. The Kier molecular flexibility index (Phi) is 4.38. The van der Waals surface area contributed by atoms with E-state index >= 15 is 0 Å². The Labute approximate surface area is 107 Å². The number of piperazine rings is 1. The highest BCUT2D eigenvalue weighted by Crippen LogP contribution is 2.16. The van der Waals surface area contributed by atoms with Crippen molar-refractivity contribution in [2.75, 3.05) is 26.2 Å². The minimum absolute atomic E-state index is 0.302. The van der Waals surface area contributed by atoms with Gasteiger partial charge < -0.3 is 14.5 Å². The minimum atomic E-state index is -0.302. The van der Waals surface area contributed by atoms with Gasteiger partial charge in [0.25, 0.3) is 0 Å². The predicted octanol–water partition coefficient (Wildman–Crippen LogP) is 1.25. The number of nitrogens with one attached hydrogen (secondary N) is 1. The topological polar surface area (TPSA) is 54.7 Å². The molecule has 0 bridgehead atoms. The molecular weight excluding hydrogens is 232 g/mol. The van der Waals surface area contributed by atoms with Crippen LogP contribution in [0.4, 0.5) is 0 Å². The molecule has 1 fully saturated rings. The first-order valence-electron chi connectivity index (χ1n) is 6.40. The molecule has 1 aromatic heterocycles. The Morgan fingerprint density at radius 2 is 2.50 bits per heavy atom. The Balaban J connectivity index is 2.04. The SMILES string of the molecule is CCOC(=O)c1ccoc1CN1CCNC[C@H]1C. The summed E-state index contributed by atoms with van der Waals surface area (Å²) in [5.41, 5.74) is 0.544. The molecule has 2 heterocycles. The van der Waals surface area contributed by atoms with Crippen molar-refractivity contribution in [3.8, 4) is 0 Å². The number of nitrogens with zero attached hydrogens (tertiary/aromatic N) is 1. The smallest absolute Gasteiger partial charge is 0.341 e. The number of hydrogen-bond acceptors (Lipinski definition) is 5. The number of rotatable bonds is 4. The van der Waals surface area contributed by atoms with Gasteiger partial charge in [0.1, 0.15) is 11.3 Å². The van der Waals surface area contributed by atoms with Crippen LogP contribution in [0.3, 0.4) is 0 Å². The van der Waals surface area contributed by atoms with Crippen molar-refractivity contribution >= 4 is 5.97 Å². The van der Waals surface area contributed by atoms with Crippen LogP contribution in [0.2, 0.25) is 0 Å². The van der Waals surface area contributed by atoms with Crippen molar-refractivity contribution < 1.29 is 13.9 Å². The van der Waals surface area contributed by atoms with Crippen molar-refractivity contribution in [2.45, 2.75) is 26.4 Å². The second-order valence-electron chi connectivity index (χ2n) is 4.50. The zero-order valence-electron chi connectivity index (χ0n) is 10.9. The largest absolute Gasteiger partial charge is 0.467 e. The molecule has 1 aromatic rings. The lowest BCUT2D eigenvalue weighted by molar-refractivity contribution is 0.0520. The number of furan rings is 1. The third kappa shape index (κ3) is 2.91. The maximum absolute atomic E-state index is 11.7. The molecule has 1 saturated heterocycles. The molecule has 5 nitrogen and oxygen atoms in total. The van der Waals surface area contributed by atoms with Crippen LogP contribution < -0.4 is 5.32 Å². The molecular formula is C13H20N2O3. The van der Waals surface area contributed by atoms with Crippen molar-refractivity contribution in [1.82, 2.24) is 10.2 Å². The molecule has 1 atom stereocenters. The fraction of sp³-hybridized carbons (Fsp3) is 0.615. The number of hydrogen-bond donors (Lipinski definition) is 1. The molecule has 1 aliphatic rings. The Bertz CT molecular complexity index is 403. The first-order chi connectivity index (χ1) is 8.72. The summed E-state index contributed by atoms with van der Waals surface area (Å²) in [5.74, 6) is 0.395. The average molecular weight is 252 g/mol. The normalized spacial score (nSPS) is 20.9. The molecule has 0 aliphatic carbocycles. The summed E-state index contributed by atoms with van der Waals surface area (Å²) in [7, 11) is 0.